The van der Waals surface area contributed by atoms with Crippen molar-refractivity contribution in [1.82, 2.24) is 15.2 Å². The van der Waals surface area contributed by atoms with Crippen LogP contribution in [-0.4, -0.2) is 48.5 Å². The molecule has 1 saturated heterocycles. The van der Waals surface area contributed by atoms with Crippen molar-refractivity contribution in [2.75, 3.05) is 26.8 Å². The minimum Gasteiger partial charge on any atom is -0.375 e. The zero-order valence-corrected chi connectivity index (χ0v) is 14.8. The van der Waals surface area contributed by atoms with Gasteiger partial charge in [-0.2, -0.15) is 0 Å². The minimum atomic E-state index is -0.0215. The summed E-state index contributed by atoms with van der Waals surface area (Å²) in [6.45, 7) is 5.84. The molecule has 7 heteroatoms. The first-order valence-corrected chi connectivity index (χ1v) is 8.88. The first kappa shape index (κ1) is 17.9. The van der Waals surface area contributed by atoms with Crippen molar-refractivity contribution in [2.45, 2.75) is 39.2 Å². The first-order chi connectivity index (χ1) is 11.0. The molecule has 0 spiro atoms. The molecule has 0 aliphatic carbocycles. The van der Waals surface area contributed by atoms with E-state index in [-0.39, 0.29) is 30.3 Å². The number of aromatic nitrogens is 1. The van der Waals surface area contributed by atoms with Crippen LogP contribution in [0.1, 0.15) is 43.3 Å². The zero-order valence-electron chi connectivity index (χ0n) is 14.0. The lowest BCUT2D eigenvalue weighted by Gasteiger charge is -2.31. The molecule has 23 heavy (non-hydrogen) atoms. The van der Waals surface area contributed by atoms with Crippen LogP contribution < -0.4 is 5.32 Å². The van der Waals surface area contributed by atoms with E-state index in [0.29, 0.717) is 13.1 Å². The fraction of sp³-hybridized carbons (Fsp3) is 0.688. The molecule has 0 radical (unpaired) electrons. The summed E-state index contributed by atoms with van der Waals surface area (Å²) < 4.78 is 4.93. The van der Waals surface area contributed by atoms with Gasteiger partial charge < -0.3 is 15.0 Å². The van der Waals surface area contributed by atoms with Crippen molar-refractivity contribution in [3.05, 3.63) is 16.1 Å². The molecule has 1 aliphatic rings. The number of carbonyl (C=O) groups is 2. The molecular weight excluding hydrogens is 314 g/mol. The smallest absolute Gasteiger partial charge is 0.248 e. The lowest BCUT2D eigenvalue weighted by Crippen LogP contribution is -2.40. The van der Waals surface area contributed by atoms with Crippen molar-refractivity contribution in [2.24, 2.45) is 5.92 Å². The third kappa shape index (κ3) is 5.00. The lowest BCUT2D eigenvalue weighted by atomic mass is 9.98. The van der Waals surface area contributed by atoms with Gasteiger partial charge in [0.2, 0.25) is 11.8 Å². The second-order valence-corrected chi connectivity index (χ2v) is 7.05. The number of nitrogens with zero attached hydrogens (tertiary/aromatic N) is 2. The van der Waals surface area contributed by atoms with Crippen molar-refractivity contribution in [1.29, 1.82) is 0 Å². The molecule has 6 nitrogen and oxygen atoms in total. The summed E-state index contributed by atoms with van der Waals surface area (Å²) in [5.41, 5.74) is 0.888. The van der Waals surface area contributed by atoms with Crippen molar-refractivity contribution in [3.8, 4) is 0 Å². The summed E-state index contributed by atoms with van der Waals surface area (Å²) in [6, 6.07) is 0. The number of piperidine rings is 1. The highest BCUT2D eigenvalue weighted by Gasteiger charge is 2.26. The number of methoxy groups -OCH3 is 1. The molecule has 1 fully saturated rings. The SMILES string of the molecule is COCC(=O)N1CCC[C@@H](c2nc(CNC(=O)C(C)C)cs2)C1. The zero-order chi connectivity index (χ0) is 16.8. The van der Waals surface area contributed by atoms with Gasteiger partial charge in [0.15, 0.2) is 0 Å². The van der Waals surface area contributed by atoms with Gasteiger partial charge in [-0.25, -0.2) is 4.98 Å². The van der Waals surface area contributed by atoms with E-state index in [2.05, 4.69) is 10.3 Å². The molecule has 128 valence electrons. The fourth-order valence-corrected chi connectivity index (χ4v) is 3.54. The normalized spacial score (nSPS) is 18.3. The standard InChI is InChI=1S/C16H25N3O3S/c1-11(2)15(21)17-7-13-10-23-16(18-13)12-5-4-6-19(8-12)14(20)9-22-3/h10-12H,4-9H2,1-3H3,(H,17,21)/t12-/m1/s1. The van der Waals surface area contributed by atoms with Gasteiger partial charge in [0.25, 0.3) is 0 Å². The van der Waals surface area contributed by atoms with E-state index >= 15 is 0 Å². The predicted octanol–water partition coefficient (Wildman–Crippen LogP) is 1.77. The van der Waals surface area contributed by atoms with E-state index in [9.17, 15) is 9.59 Å². The van der Waals surface area contributed by atoms with Gasteiger partial charge in [0.05, 0.1) is 17.2 Å². The average molecular weight is 339 g/mol. The van der Waals surface area contributed by atoms with Crippen LogP contribution >= 0.6 is 11.3 Å². The molecule has 1 aromatic heterocycles. The summed E-state index contributed by atoms with van der Waals surface area (Å²) in [6.07, 6.45) is 2.03. The number of likely N-dealkylation sites (tertiary alicyclic amines) is 1. The van der Waals surface area contributed by atoms with E-state index in [0.717, 1.165) is 30.1 Å². The second-order valence-electron chi connectivity index (χ2n) is 6.16. The first-order valence-electron chi connectivity index (χ1n) is 8.00. The highest BCUT2D eigenvalue weighted by Crippen LogP contribution is 2.29. The van der Waals surface area contributed by atoms with Gasteiger partial charge in [-0.15, -0.1) is 11.3 Å². The van der Waals surface area contributed by atoms with Gasteiger partial charge in [-0.05, 0) is 12.8 Å². The molecule has 0 saturated carbocycles. The van der Waals surface area contributed by atoms with Crippen LogP contribution in [0.5, 0.6) is 0 Å². The highest BCUT2D eigenvalue weighted by molar-refractivity contribution is 7.09. The van der Waals surface area contributed by atoms with E-state index in [1.807, 2.05) is 24.1 Å². The topological polar surface area (TPSA) is 71.5 Å². The molecule has 0 bridgehead atoms. The minimum absolute atomic E-state index is 0.0215. The number of thiazole rings is 1. The average Bonchev–Trinajstić information content (AvgIpc) is 3.02. The summed E-state index contributed by atoms with van der Waals surface area (Å²) >= 11 is 1.61. The monoisotopic (exact) mass is 339 g/mol. The number of amides is 2. The molecule has 0 aromatic carbocycles. The maximum Gasteiger partial charge on any atom is 0.248 e. The summed E-state index contributed by atoms with van der Waals surface area (Å²) in [5, 5.41) is 5.92. The van der Waals surface area contributed by atoms with E-state index in [4.69, 9.17) is 4.74 Å². The van der Waals surface area contributed by atoms with Crippen LogP contribution in [-0.2, 0) is 20.9 Å². The summed E-state index contributed by atoms with van der Waals surface area (Å²) in [7, 11) is 1.54. The van der Waals surface area contributed by atoms with Crippen LogP contribution in [0.3, 0.4) is 0 Å². The van der Waals surface area contributed by atoms with Crippen molar-refractivity contribution >= 4 is 23.2 Å². The van der Waals surface area contributed by atoms with Gasteiger partial charge in [-0.1, -0.05) is 13.8 Å². The van der Waals surface area contributed by atoms with Crippen molar-refractivity contribution < 1.29 is 14.3 Å². The molecule has 1 atom stereocenters. The van der Waals surface area contributed by atoms with Crippen LogP contribution in [0.4, 0.5) is 0 Å². The Labute approximate surface area is 141 Å². The Morgan fingerprint density at radius 2 is 2.30 bits per heavy atom. The van der Waals surface area contributed by atoms with Crippen molar-refractivity contribution in [3.63, 3.8) is 0 Å². The van der Waals surface area contributed by atoms with Gasteiger partial charge in [-0.3, -0.25) is 9.59 Å². The van der Waals surface area contributed by atoms with E-state index in [1.165, 1.54) is 7.11 Å². The van der Waals surface area contributed by atoms with E-state index < -0.39 is 0 Å². The summed E-state index contributed by atoms with van der Waals surface area (Å²) in [5.74, 6) is 0.336. The second kappa shape index (κ2) is 8.40. The van der Waals surface area contributed by atoms with Gasteiger partial charge in [0, 0.05) is 37.4 Å². The Morgan fingerprint density at radius 3 is 3.00 bits per heavy atom. The number of nitrogens with one attached hydrogen (secondary N) is 1. The Morgan fingerprint density at radius 1 is 1.52 bits per heavy atom. The Bertz CT molecular complexity index is 544. The van der Waals surface area contributed by atoms with E-state index in [1.54, 1.807) is 11.3 Å². The maximum atomic E-state index is 12.0. The molecule has 2 rings (SSSR count). The third-order valence-electron chi connectivity index (χ3n) is 3.93. The largest absolute Gasteiger partial charge is 0.375 e. The molecule has 1 aromatic rings. The predicted molar refractivity (Wildman–Crippen MR) is 89.2 cm³/mol. The number of hydrogen-bond donors (Lipinski definition) is 1. The molecule has 1 aliphatic heterocycles. The number of carbonyl (C=O) groups excluding carboxylic acids is 2. The molecule has 0 unspecified atom stereocenters. The number of hydrogen-bond acceptors (Lipinski definition) is 5. The Kier molecular flexibility index (Phi) is 6.53. The Hall–Kier alpha value is -1.47. The summed E-state index contributed by atoms with van der Waals surface area (Å²) in [4.78, 5) is 30.1. The fourth-order valence-electron chi connectivity index (χ4n) is 2.59. The van der Waals surface area contributed by atoms with Crippen LogP contribution in [0, 0.1) is 5.92 Å². The van der Waals surface area contributed by atoms with Gasteiger partial charge in [0.1, 0.15) is 6.61 Å². The third-order valence-corrected chi connectivity index (χ3v) is 4.98. The quantitative estimate of drug-likeness (QED) is 0.857. The molecule has 1 N–H and O–H groups in total. The molecular formula is C16H25N3O3S. The van der Waals surface area contributed by atoms with Crippen LogP contribution in [0.25, 0.3) is 0 Å². The molecule has 2 amide bonds. The van der Waals surface area contributed by atoms with Crippen LogP contribution in [0.15, 0.2) is 5.38 Å². The Balaban J connectivity index is 1.91. The van der Waals surface area contributed by atoms with Crippen LogP contribution in [0.2, 0.25) is 0 Å². The molecule has 2 heterocycles. The maximum absolute atomic E-state index is 12.0. The number of rotatable bonds is 6. The lowest BCUT2D eigenvalue weighted by molar-refractivity contribution is -0.136. The highest BCUT2D eigenvalue weighted by atomic mass is 32.1. The number of ether oxygens (including phenoxy) is 1. The van der Waals surface area contributed by atoms with Gasteiger partial charge >= 0.3 is 0 Å².